The van der Waals surface area contributed by atoms with E-state index in [0.29, 0.717) is 0 Å². The molecule has 0 aromatic carbocycles. The van der Waals surface area contributed by atoms with Gasteiger partial charge in [-0.3, -0.25) is 0 Å². The molecule has 0 heterocycles. The Kier molecular flexibility index (Phi) is 10.3. The van der Waals surface area contributed by atoms with E-state index in [9.17, 15) is 0 Å². The van der Waals surface area contributed by atoms with Crippen LogP contribution in [-0.2, 0) is 0 Å². The Morgan fingerprint density at radius 1 is 0.867 bits per heavy atom. The van der Waals surface area contributed by atoms with Crippen LogP contribution in [0.4, 0.5) is 0 Å². The Bertz CT molecular complexity index is 126. The number of likely N-dealkylation sites (N-methyl/N-ethyl adjacent to an activating group) is 2. The Morgan fingerprint density at radius 3 is 2.13 bits per heavy atom. The maximum Gasteiger partial charge on any atom is 0.0104 e. The molecule has 0 saturated carbocycles. The number of nitrogens with zero attached hydrogens (tertiary/aromatic N) is 2. The minimum absolute atomic E-state index is 1.09. The third-order valence-electron chi connectivity index (χ3n) is 2.55. The van der Waals surface area contributed by atoms with Gasteiger partial charge < -0.3 is 15.1 Å². The lowest BCUT2D eigenvalue weighted by Crippen LogP contribution is -2.33. The molecule has 0 aliphatic carbocycles. The summed E-state index contributed by atoms with van der Waals surface area (Å²) in [7, 11) is 6.43. The van der Waals surface area contributed by atoms with Crippen LogP contribution in [0.2, 0.25) is 0 Å². The van der Waals surface area contributed by atoms with Crippen molar-refractivity contribution in [3.05, 3.63) is 0 Å². The van der Waals surface area contributed by atoms with Gasteiger partial charge in [-0.1, -0.05) is 19.8 Å². The van der Waals surface area contributed by atoms with Crippen molar-refractivity contribution in [2.75, 3.05) is 53.9 Å². The van der Waals surface area contributed by atoms with Crippen molar-refractivity contribution >= 4 is 0 Å². The maximum absolute atomic E-state index is 3.45. The van der Waals surface area contributed by atoms with Gasteiger partial charge in [-0.05, 0) is 34.1 Å². The van der Waals surface area contributed by atoms with Gasteiger partial charge >= 0.3 is 0 Å². The van der Waals surface area contributed by atoms with E-state index in [1.54, 1.807) is 0 Å². The highest BCUT2D eigenvalue weighted by Crippen LogP contribution is 1.95. The van der Waals surface area contributed by atoms with Gasteiger partial charge in [0.25, 0.3) is 0 Å². The van der Waals surface area contributed by atoms with Crippen LogP contribution in [0, 0.1) is 0 Å². The van der Waals surface area contributed by atoms with Crippen LogP contribution in [0.1, 0.15) is 26.2 Å². The molecule has 0 aliphatic rings. The fourth-order valence-corrected chi connectivity index (χ4v) is 1.44. The van der Waals surface area contributed by atoms with Crippen LogP contribution in [0.5, 0.6) is 0 Å². The summed E-state index contributed by atoms with van der Waals surface area (Å²) in [5, 5.41) is 3.45. The van der Waals surface area contributed by atoms with Crippen LogP contribution in [0.15, 0.2) is 0 Å². The van der Waals surface area contributed by atoms with Crippen LogP contribution >= 0.6 is 0 Å². The number of rotatable bonds is 10. The third-order valence-corrected chi connectivity index (χ3v) is 2.55. The predicted octanol–water partition coefficient (Wildman–Crippen LogP) is 1.26. The van der Waals surface area contributed by atoms with Crippen molar-refractivity contribution in [3.8, 4) is 0 Å². The van der Waals surface area contributed by atoms with Crippen molar-refractivity contribution in [1.82, 2.24) is 15.1 Å². The molecule has 0 unspecified atom stereocenters. The lowest BCUT2D eigenvalue weighted by Gasteiger charge is -2.17. The van der Waals surface area contributed by atoms with Gasteiger partial charge in [0.15, 0.2) is 0 Å². The molecular formula is C12H29N3. The molecule has 0 spiro atoms. The SMILES string of the molecule is CCCCCN(C)CCNCCN(C)C. The molecule has 0 radical (unpaired) electrons. The number of hydrogen-bond donors (Lipinski definition) is 1. The van der Waals surface area contributed by atoms with Gasteiger partial charge in [0, 0.05) is 26.2 Å². The van der Waals surface area contributed by atoms with Crippen molar-refractivity contribution in [1.29, 1.82) is 0 Å². The normalized spacial score (nSPS) is 11.6. The van der Waals surface area contributed by atoms with Crippen molar-refractivity contribution < 1.29 is 0 Å². The van der Waals surface area contributed by atoms with Crippen molar-refractivity contribution in [2.24, 2.45) is 0 Å². The fourth-order valence-electron chi connectivity index (χ4n) is 1.44. The number of hydrogen-bond acceptors (Lipinski definition) is 3. The zero-order valence-electron chi connectivity index (χ0n) is 11.1. The molecule has 0 aliphatic heterocycles. The topological polar surface area (TPSA) is 18.5 Å². The molecule has 15 heavy (non-hydrogen) atoms. The molecule has 0 saturated heterocycles. The summed E-state index contributed by atoms with van der Waals surface area (Å²) in [6, 6.07) is 0. The van der Waals surface area contributed by atoms with E-state index >= 15 is 0 Å². The molecule has 0 aromatic rings. The zero-order valence-corrected chi connectivity index (χ0v) is 11.1. The second kappa shape index (κ2) is 10.4. The average molecular weight is 215 g/mol. The maximum atomic E-state index is 3.45. The van der Waals surface area contributed by atoms with Crippen molar-refractivity contribution in [3.63, 3.8) is 0 Å². The lowest BCUT2D eigenvalue weighted by atomic mass is 10.2. The van der Waals surface area contributed by atoms with Gasteiger partial charge in [-0.25, -0.2) is 0 Å². The van der Waals surface area contributed by atoms with Crippen molar-refractivity contribution in [2.45, 2.75) is 26.2 Å². The lowest BCUT2D eigenvalue weighted by molar-refractivity contribution is 0.318. The highest BCUT2D eigenvalue weighted by atomic mass is 15.1. The van der Waals surface area contributed by atoms with Gasteiger partial charge in [0.05, 0.1) is 0 Å². The second-order valence-electron chi connectivity index (χ2n) is 4.56. The standard InChI is InChI=1S/C12H29N3/c1-5-6-7-10-15(4)12-9-13-8-11-14(2)3/h13H,5-12H2,1-4H3. The summed E-state index contributed by atoms with van der Waals surface area (Å²) in [4.78, 5) is 4.62. The summed E-state index contributed by atoms with van der Waals surface area (Å²) in [5.41, 5.74) is 0. The van der Waals surface area contributed by atoms with E-state index in [2.05, 4.69) is 43.2 Å². The summed E-state index contributed by atoms with van der Waals surface area (Å²) in [5.74, 6) is 0. The molecule has 0 atom stereocenters. The first-order valence-electron chi connectivity index (χ1n) is 6.20. The third kappa shape index (κ3) is 11.8. The Morgan fingerprint density at radius 2 is 1.53 bits per heavy atom. The van der Waals surface area contributed by atoms with Crippen LogP contribution in [0.25, 0.3) is 0 Å². The first-order chi connectivity index (χ1) is 7.16. The quantitative estimate of drug-likeness (QED) is 0.554. The minimum Gasteiger partial charge on any atom is -0.314 e. The summed E-state index contributed by atoms with van der Waals surface area (Å²) in [6.07, 6.45) is 4.01. The van der Waals surface area contributed by atoms with E-state index in [0.717, 1.165) is 26.2 Å². The Labute approximate surface area is 95.8 Å². The molecule has 92 valence electrons. The highest BCUT2D eigenvalue weighted by Gasteiger charge is 1.97. The van der Waals surface area contributed by atoms with Gasteiger partial charge in [0.2, 0.25) is 0 Å². The largest absolute Gasteiger partial charge is 0.314 e. The van der Waals surface area contributed by atoms with Crippen LogP contribution < -0.4 is 5.32 Å². The molecule has 0 fully saturated rings. The molecule has 0 amide bonds. The second-order valence-corrected chi connectivity index (χ2v) is 4.56. The van der Waals surface area contributed by atoms with E-state index in [4.69, 9.17) is 0 Å². The number of unbranched alkanes of at least 4 members (excludes halogenated alkanes) is 2. The van der Waals surface area contributed by atoms with Gasteiger partial charge in [-0.15, -0.1) is 0 Å². The zero-order chi connectivity index (χ0) is 11.5. The fraction of sp³-hybridized carbons (Fsp3) is 1.00. The Hall–Kier alpha value is -0.120. The minimum atomic E-state index is 1.09. The smallest absolute Gasteiger partial charge is 0.0104 e. The highest BCUT2D eigenvalue weighted by molar-refractivity contribution is 4.56. The predicted molar refractivity (Wildman–Crippen MR) is 68.4 cm³/mol. The molecular weight excluding hydrogens is 186 g/mol. The van der Waals surface area contributed by atoms with E-state index < -0.39 is 0 Å². The van der Waals surface area contributed by atoms with E-state index in [1.807, 2.05) is 0 Å². The first kappa shape index (κ1) is 14.9. The van der Waals surface area contributed by atoms with Gasteiger partial charge in [0.1, 0.15) is 0 Å². The van der Waals surface area contributed by atoms with Crippen LogP contribution in [0.3, 0.4) is 0 Å². The molecule has 0 aromatic heterocycles. The molecule has 3 heteroatoms. The first-order valence-corrected chi connectivity index (χ1v) is 6.20. The summed E-state index contributed by atoms with van der Waals surface area (Å²) < 4.78 is 0. The van der Waals surface area contributed by atoms with E-state index in [1.165, 1.54) is 25.8 Å². The summed E-state index contributed by atoms with van der Waals surface area (Å²) >= 11 is 0. The molecule has 1 N–H and O–H groups in total. The molecule has 0 rings (SSSR count). The van der Waals surface area contributed by atoms with E-state index in [-0.39, 0.29) is 0 Å². The monoisotopic (exact) mass is 215 g/mol. The number of nitrogens with one attached hydrogen (secondary N) is 1. The van der Waals surface area contributed by atoms with Gasteiger partial charge in [-0.2, -0.15) is 0 Å². The average Bonchev–Trinajstić information content (AvgIpc) is 2.17. The summed E-state index contributed by atoms with van der Waals surface area (Å²) in [6.45, 7) is 7.98. The van der Waals surface area contributed by atoms with Crippen LogP contribution in [-0.4, -0.2) is 63.7 Å². The molecule has 3 nitrogen and oxygen atoms in total. The molecule has 0 bridgehead atoms. The Balaban J connectivity index is 3.13.